The zero-order chi connectivity index (χ0) is 13.7. The number of amides is 1. The van der Waals surface area contributed by atoms with Crippen LogP contribution < -0.4 is 10.6 Å². The van der Waals surface area contributed by atoms with Gasteiger partial charge in [-0.2, -0.15) is 11.8 Å². The first-order chi connectivity index (χ1) is 9.15. The standard InChI is InChI=1S/C13H16F2N2OS.ClH/c14-13(15)9-2-1-3-10(6-9)17-12(18)7-11-8-19-5-4-16-11;/h1-3,6,11,13,16H,4-5,7-8H2,(H,17,18);1H. The second-order valence-corrected chi connectivity index (χ2v) is 5.55. The number of carbonyl (C=O) groups is 1. The van der Waals surface area contributed by atoms with Crippen molar-refractivity contribution >= 4 is 35.8 Å². The second kappa shape index (κ2) is 8.44. The van der Waals surface area contributed by atoms with E-state index in [2.05, 4.69) is 10.6 Å². The van der Waals surface area contributed by atoms with Crippen LogP contribution in [0.1, 0.15) is 18.4 Å². The molecule has 0 spiro atoms. The Labute approximate surface area is 127 Å². The van der Waals surface area contributed by atoms with Gasteiger partial charge in [0.1, 0.15) is 0 Å². The molecule has 0 bridgehead atoms. The number of benzene rings is 1. The molecule has 112 valence electrons. The van der Waals surface area contributed by atoms with Gasteiger partial charge < -0.3 is 10.6 Å². The summed E-state index contributed by atoms with van der Waals surface area (Å²) < 4.78 is 25.1. The Morgan fingerprint density at radius 3 is 2.95 bits per heavy atom. The Bertz CT molecular complexity index is 442. The van der Waals surface area contributed by atoms with Crippen molar-refractivity contribution in [2.75, 3.05) is 23.4 Å². The van der Waals surface area contributed by atoms with Crippen molar-refractivity contribution in [2.24, 2.45) is 0 Å². The van der Waals surface area contributed by atoms with E-state index in [0.29, 0.717) is 12.1 Å². The molecule has 0 saturated carbocycles. The van der Waals surface area contributed by atoms with Gasteiger partial charge in [0.05, 0.1) is 0 Å². The number of halogens is 3. The fraction of sp³-hybridized carbons (Fsp3) is 0.462. The average Bonchev–Trinajstić information content (AvgIpc) is 2.40. The molecule has 7 heteroatoms. The first-order valence-electron chi connectivity index (χ1n) is 6.14. The first kappa shape index (κ1) is 17.2. The van der Waals surface area contributed by atoms with Crippen LogP contribution in [0.3, 0.4) is 0 Å². The van der Waals surface area contributed by atoms with Gasteiger partial charge in [0, 0.05) is 41.8 Å². The predicted octanol–water partition coefficient (Wildman–Crippen LogP) is 3.08. The number of hydrogen-bond donors (Lipinski definition) is 2. The summed E-state index contributed by atoms with van der Waals surface area (Å²) in [6.07, 6.45) is -2.15. The van der Waals surface area contributed by atoms with E-state index in [1.807, 2.05) is 11.8 Å². The molecule has 1 saturated heterocycles. The predicted molar refractivity (Wildman–Crippen MR) is 81.0 cm³/mol. The molecule has 1 aliphatic rings. The van der Waals surface area contributed by atoms with E-state index in [1.54, 1.807) is 6.07 Å². The minimum absolute atomic E-state index is 0. The Kier molecular flexibility index (Phi) is 7.26. The normalized spacial score (nSPS) is 18.4. The van der Waals surface area contributed by atoms with Gasteiger partial charge >= 0.3 is 0 Å². The van der Waals surface area contributed by atoms with Crippen molar-refractivity contribution < 1.29 is 13.6 Å². The van der Waals surface area contributed by atoms with Crippen LogP contribution in [-0.4, -0.2) is 30.0 Å². The summed E-state index contributed by atoms with van der Waals surface area (Å²) in [7, 11) is 0. The van der Waals surface area contributed by atoms with Crippen LogP contribution in [-0.2, 0) is 4.79 Å². The summed E-state index contributed by atoms with van der Waals surface area (Å²) in [5.74, 6) is 1.82. The summed E-state index contributed by atoms with van der Waals surface area (Å²) >= 11 is 1.82. The van der Waals surface area contributed by atoms with Crippen LogP contribution in [0.2, 0.25) is 0 Å². The van der Waals surface area contributed by atoms with E-state index in [1.165, 1.54) is 18.2 Å². The van der Waals surface area contributed by atoms with Crippen molar-refractivity contribution in [2.45, 2.75) is 18.9 Å². The Morgan fingerprint density at radius 2 is 2.30 bits per heavy atom. The third-order valence-corrected chi connectivity index (χ3v) is 3.98. The molecule has 1 heterocycles. The van der Waals surface area contributed by atoms with E-state index in [4.69, 9.17) is 0 Å². The van der Waals surface area contributed by atoms with E-state index in [-0.39, 0.29) is 29.9 Å². The highest BCUT2D eigenvalue weighted by Gasteiger charge is 2.17. The molecule has 20 heavy (non-hydrogen) atoms. The van der Waals surface area contributed by atoms with E-state index < -0.39 is 6.43 Å². The minimum atomic E-state index is -2.52. The number of alkyl halides is 2. The molecule has 1 aliphatic heterocycles. The topological polar surface area (TPSA) is 41.1 Å². The lowest BCUT2D eigenvalue weighted by atomic mass is 10.2. The smallest absolute Gasteiger partial charge is 0.263 e. The lowest BCUT2D eigenvalue weighted by Gasteiger charge is -2.22. The van der Waals surface area contributed by atoms with Gasteiger partial charge in [0.15, 0.2) is 0 Å². The summed E-state index contributed by atoms with van der Waals surface area (Å²) in [6, 6.07) is 5.96. The Hall–Kier alpha value is -0.850. The van der Waals surface area contributed by atoms with E-state index in [9.17, 15) is 13.6 Å². The highest BCUT2D eigenvalue weighted by Crippen LogP contribution is 2.22. The molecule has 1 atom stereocenters. The molecule has 1 fully saturated rings. The van der Waals surface area contributed by atoms with Gasteiger partial charge in [0.2, 0.25) is 5.91 Å². The van der Waals surface area contributed by atoms with Crippen LogP contribution in [0, 0.1) is 0 Å². The quantitative estimate of drug-likeness (QED) is 0.895. The molecule has 1 amide bonds. The largest absolute Gasteiger partial charge is 0.326 e. The van der Waals surface area contributed by atoms with Gasteiger partial charge in [-0.15, -0.1) is 12.4 Å². The van der Waals surface area contributed by atoms with Gasteiger partial charge in [0.25, 0.3) is 6.43 Å². The van der Waals surface area contributed by atoms with Crippen molar-refractivity contribution in [3.05, 3.63) is 29.8 Å². The minimum Gasteiger partial charge on any atom is -0.326 e. The van der Waals surface area contributed by atoms with Gasteiger partial charge in [-0.05, 0) is 12.1 Å². The zero-order valence-corrected chi connectivity index (χ0v) is 12.4. The molecule has 3 nitrogen and oxygen atoms in total. The molecule has 0 aliphatic carbocycles. The average molecular weight is 323 g/mol. The highest BCUT2D eigenvalue weighted by atomic mass is 35.5. The summed E-state index contributed by atoms with van der Waals surface area (Å²) in [5, 5.41) is 5.93. The molecule has 1 unspecified atom stereocenters. The van der Waals surface area contributed by atoms with E-state index >= 15 is 0 Å². The van der Waals surface area contributed by atoms with Crippen molar-refractivity contribution in [3.8, 4) is 0 Å². The third-order valence-electron chi connectivity index (χ3n) is 2.85. The van der Waals surface area contributed by atoms with Gasteiger partial charge in [-0.3, -0.25) is 4.79 Å². The highest BCUT2D eigenvalue weighted by molar-refractivity contribution is 7.99. The SMILES string of the molecule is Cl.O=C(CC1CSCCN1)Nc1cccc(C(F)F)c1. The second-order valence-electron chi connectivity index (χ2n) is 4.40. The monoisotopic (exact) mass is 322 g/mol. The van der Waals surface area contributed by atoms with Crippen LogP contribution >= 0.6 is 24.2 Å². The molecule has 2 rings (SSSR count). The molecule has 2 N–H and O–H groups in total. The summed E-state index contributed by atoms with van der Waals surface area (Å²) in [5.41, 5.74) is 0.343. The van der Waals surface area contributed by atoms with Crippen molar-refractivity contribution in [1.82, 2.24) is 5.32 Å². The fourth-order valence-electron chi connectivity index (χ4n) is 1.94. The maximum absolute atomic E-state index is 12.5. The number of anilines is 1. The Morgan fingerprint density at radius 1 is 1.50 bits per heavy atom. The maximum atomic E-state index is 12.5. The van der Waals surface area contributed by atoms with Crippen LogP contribution in [0.5, 0.6) is 0 Å². The fourth-order valence-corrected chi connectivity index (χ4v) is 2.89. The molecule has 1 aromatic carbocycles. The van der Waals surface area contributed by atoms with Gasteiger partial charge in [-0.25, -0.2) is 8.78 Å². The maximum Gasteiger partial charge on any atom is 0.263 e. The van der Waals surface area contributed by atoms with Crippen molar-refractivity contribution in [3.63, 3.8) is 0 Å². The molecule has 0 aromatic heterocycles. The zero-order valence-electron chi connectivity index (χ0n) is 10.8. The molecular weight excluding hydrogens is 306 g/mol. The lowest BCUT2D eigenvalue weighted by molar-refractivity contribution is -0.116. The van der Waals surface area contributed by atoms with Crippen LogP contribution in [0.15, 0.2) is 24.3 Å². The lowest BCUT2D eigenvalue weighted by Crippen LogP contribution is -2.39. The number of nitrogens with one attached hydrogen (secondary N) is 2. The summed E-state index contributed by atoms with van der Waals surface area (Å²) in [4.78, 5) is 11.8. The summed E-state index contributed by atoms with van der Waals surface area (Å²) in [6.45, 7) is 0.906. The number of hydrogen-bond acceptors (Lipinski definition) is 3. The molecule has 1 aromatic rings. The van der Waals surface area contributed by atoms with Crippen molar-refractivity contribution in [1.29, 1.82) is 0 Å². The molecule has 0 radical (unpaired) electrons. The Balaban J connectivity index is 0.00000200. The number of carbonyl (C=O) groups excluding carboxylic acids is 1. The number of thioether (sulfide) groups is 1. The van der Waals surface area contributed by atoms with Gasteiger partial charge in [-0.1, -0.05) is 12.1 Å². The van der Waals surface area contributed by atoms with E-state index in [0.717, 1.165) is 18.1 Å². The first-order valence-corrected chi connectivity index (χ1v) is 7.29. The number of rotatable bonds is 4. The molecular formula is C13H17ClF2N2OS. The third kappa shape index (κ3) is 5.26. The van der Waals surface area contributed by atoms with Crippen LogP contribution in [0.25, 0.3) is 0 Å². The van der Waals surface area contributed by atoms with Crippen LogP contribution in [0.4, 0.5) is 14.5 Å².